The van der Waals surface area contributed by atoms with Crippen molar-refractivity contribution in [3.8, 4) is 11.1 Å². The highest BCUT2D eigenvalue weighted by Crippen LogP contribution is 2.51. The number of benzene rings is 2. The molecule has 7 nitrogen and oxygen atoms in total. The van der Waals surface area contributed by atoms with Gasteiger partial charge in [0, 0.05) is 31.2 Å². The number of fused-ring (bicyclic) bond motifs is 2. The number of amides is 1. The van der Waals surface area contributed by atoms with E-state index in [1.54, 1.807) is 40.8 Å². The molecule has 0 bridgehead atoms. The van der Waals surface area contributed by atoms with Crippen molar-refractivity contribution in [1.82, 2.24) is 14.5 Å². The van der Waals surface area contributed by atoms with E-state index in [2.05, 4.69) is 4.98 Å². The number of pyridine rings is 1. The van der Waals surface area contributed by atoms with Gasteiger partial charge in [-0.15, -0.1) is 0 Å². The van der Waals surface area contributed by atoms with Crippen molar-refractivity contribution < 1.29 is 22.7 Å². The molecule has 4 aromatic rings. The van der Waals surface area contributed by atoms with Crippen molar-refractivity contribution in [2.24, 2.45) is 0 Å². The van der Waals surface area contributed by atoms with Crippen LogP contribution in [0.1, 0.15) is 58.4 Å². The molecule has 2 aromatic heterocycles. The number of rotatable bonds is 2. The largest absolute Gasteiger partial charge is 0.444 e. The molecule has 0 radical (unpaired) electrons. The van der Waals surface area contributed by atoms with Crippen LogP contribution in [0.15, 0.2) is 45.7 Å². The summed E-state index contributed by atoms with van der Waals surface area (Å²) in [7, 11) is 0. The number of aromatic nitrogens is 2. The first-order valence-electron chi connectivity index (χ1n) is 12.9. The van der Waals surface area contributed by atoms with Gasteiger partial charge in [0.25, 0.3) is 5.56 Å². The van der Waals surface area contributed by atoms with Crippen molar-refractivity contribution in [3.05, 3.63) is 64.4 Å². The molecule has 1 spiro atoms. The van der Waals surface area contributed by atoms with Crippen LogP contribution < -0.4 is 5.56 Å². The van der Waals surface area contributed by atoms with E-state index >= 15 is 4.39 Å². The second-order valence-electron chi connectivity index (χ2n) is 11.5. The zero-order valence-corrected chi connectivity index (χ0v) is 21.8. The van der Waals surface area contributed by atoms with Crippen LogP contribution in [0, 0.1) is 18.6 Å². The first-order chi connectivity index (χ1) is 17.9. The molecule has 2 aliphatic rings. The van der Waals surface area contributed by atoms with Crippen LogP contribution in [-0.2, 0) is 4.74 Å². The fourth-order valence-electron chi connectivity index (χ4n) is 5.69. The Morgan fingerprint density at radius 1 is 1.13 bits per heavy atom. The molecule has 2 fully saturated rings. The number of hydrogen-bond donors (Lipinski definition) is 0. The molecule has 6 rings (SSSR count). The third kappa shape index (κ3) is 4.14. The standard InChI is InChI=1S/C29H29F2N3O4/c1-16-32-25-22(31)13-19(14-23(25)37-16)18-11-17-5-9-33(26(35)24(17)21(30)12-18)20-6-10-34(29(15-20)7-8-29)27(36)38-28(2,3)4/h5,9,11-14,20H,6-8,10,15H2,1-4H3. The minimum Gasteiger partial charge on any atom is -0.444 e. The molecule has 1 atom stereocenters. The maximum atomic E-state index is 15.4. The lowest BCUT2D eigenvalue weighted by Crippen LogP contribution is -2.50. The van der Waals surface area contributed by atoms with Crippen molar-refractivity contribution in [2.75, 3.05) is 6.54 Å². The Labute approximate surface area is 218 Å². The molecule has 0 N–H and O–H groups in total. The van der Waals surface area contributed by atoms with E-state index in [1.165, 1.54) is 12.1 Å². The Morgan fingerprint density at radius 2 is 1.84 bits per heavy atom. The number of nitrogens with zero attached hydrogens (tertiary/aromatic N) is 3. The second kappa shape index (κ2) is 8.38. The molecule has 38 heavy (non-hydrogen) atoms. The van der Waals surface area contributed by atoms with Crippen molar-refractivity contribution >= 4 is 28.0 Å². The summed E-state index contributed by atoms with van der Waals surface area (Å²) in [6.07, 6.45) is 4.27. The Kier molecular flexibility index (Phi) is 5.42. The molecule has 1 saturated carbocycles. The molecule has 2 aromatic carbocycles. The number of carbonyl (C=O) groups is 1. The molecule has 1 aliphatic heterocycles. The smallest absolute Gasteiger partial charge is 0.410 e. The number of ether oxygens (including phenoxy) is 1. The Morgan fingerprint density at radius 3 is 2.55 bits per heavy atom. The number of aryl methyl sites for hydroxylation is 1. The average molecular weight is 522 g/mol. The topological polar surface area (TPSA) is 77.6 Å². The van der Waals surface area contributed by atoms with Gasteiger partial charge in [0.2, 0.25) is 0 Å². The lowest BCUT2D eigenvalue weighted by atomic mass is 9.94. The van der Waals surface area contributed by atoms with Crippen LogP contribution in [0.2, 0.25) is 0 Å². The monoisotopic (exact) mass is 521 g/mol. The van der Waals surface area contributed by atoms with Gasteiger partial charge in [-0.05, 0) is 93.3 Å². The Hall–Kier alpha value is -3.75. The van der Waals surface area contributed by atoms with Gasteiger partial charge >= 0.3 is 6.09 Å². The van der Waals surface area contributed by atoms with Crippen molar-refractivity contribution in [1.29, 1.82) is 0 Å². The van der Waals surface area contributed by atoms with Crippen LogP contribution in [0.3, 0.4) is 0 Å². The number of piperidine rings is 1. The van der Waals surface area contributed by atoms with E-state index in [9.17, 15) is 14.0 Å². The zero-order valence-electron chi connectivity index (χ0n) is 21.8. The Bertz CT molecular complexity index is 1660. The van der Waals surface area contributed by atoms with Gasteiger partial charge in [0.15, 0.2) is 17.3 Å². The minimum atomic E-state index is -0.668. The number of oxazole rings is 1. The predicted octanol–water partition coefficient (Wildman–Crippen LogP) is 6.50. The summed E-state index contributed by atoms with van der Waals surface area (Å²) in [6.45, 7) is 7.63. The lowest BCUT2D eigenvalue weighted by Gasteiger charge is -2.41. The van der Waals surface area contributed by atoms with Gasteiger partial charge in [-0.2, -0.15) is 0 Å². The fourth-order valence-corrected chi connectivity index (χ4v) is 5.69. The second-order valence-corrected chi connectivity index (χ2v) is 11.5. The van der Waals surface area contributed by atoms with Gasteiger partial charge < -0.3 is 18.6 Å². The first-order valence-corrected chi connectivity index (χ1v) is 12.9. The molecule has 1 saturated heterocycles. The van der Waals surface area contributed by atoms with E-state index in [1.807, 2.05) is 20.8 Å². The van der Waals surface area contributed by atoms with E-state index in [0.717, 1.165) is 12.8 Å². The van der Waals surface area contributed by atoms with E-state index in [4.69, 9.17) is 9.15 Å². The molecule has 198 valence electrons. The Balaban J connectivity index is 1.32. The minimum absolute atomic E-state index is 0.00673. The molecule has 1 unspecified atom stereocenters. The van der Waals surface area contributed by atoms with Crippen LogP contribution in [0.25, 0.3) is 33.0 Å². The van der Waals surface area contributed by atoms with Gasteiger partial charge in [-0.25, -0.2) is 18.6 Å². The summed E-state index contributed by atoms with van der Waals surface area (Å²) in [5.41, 5.74) is -0.0386. The van der Waals surface area contributed by atoms with Gasteiger partial charge in [0.05, 0.1) is 5.39 Å². The molecule has 1 amide bonds. The lowest BCUT2D eigenvalue weighted by molar-refractivity contribution is 0.000496. The highest BCUT2D eigenvalue weighted by molar-refractivity contribution is 5.89. The molecule has 1 aliphatic carbocycles. The SMILES string of the molecule is Cc1nc2c(F)cc(-c3cc(F)c4c(=O)n(C5CCN(C(=O)OC(C)(C)C)C6(CC6)C5)ccc4c3)cc2o1. The van der Waals surface area contributed by atoms with E-state index in [-0.39, 0.29) is 34.2 Å². The predicted molar refractivity (Wildman–Crippen MR) is 139 cm³/mol. The number of halogens is 2. The van der Waals surface area contributed by atoms with Crippen molar-refractivity contribution in [3.63, 3.8) is 0 Å². The normalized spacial score (nSPS) is 18.9. The van der Waals surface area contributed by atoms with Crippen LogP contribution >= 0.6 is 0 Å². The average Bonchev–Trinajstić information content (AvgIpc) is 3.46. The zero-order chi connectivity index (χ0) is 27.0. The molecular formula is C29H29F2N3O4. The molecular weight excluding hydrogens is 492 g/mol. The number of carbonyl (C=O) groups excluding carboxylic acids is 1. The van der Waals surface area contributed by atoms with E-state index in [0.29, 0.717) is 41.8 Å². The third-order valence-electron chi connectivity index (χ3n) is 7.58. The summed E-state index contributed by atoms with van der Waals surface area (Å²) >= 11 is 0. The maximum absolute atomic E-state index is 15.4. The van der Waals surface area contributed by atoms with Gasteiger partial charge in [-0.3, -0.25) is 4.79 Å². The number of hydrogen-bond acceptors (Lipinski definition) is 5. The quantitative estimate of drug-likeness (QED) is 0.301. The summed E-state index contributed by atoms with van der Waals surface area (Å²) in [5.74, 6) is -0.887. The highest BCUT2D eigenvalue weighted by Gasteiger charge is 2.54. The molecule has 9 heteroatoms. The summed E-state index contributed by atoms with van der Waals surface area (Å²) in [5, 5.41) is 0.426. The van der Waals surface area contributed by atoms with Crippen LogP contribution in [0.4, 0.5) is 13.6 Å². The third-order valence-corrected chi connectivity index (χ3v) is 7.58. The van der Waals surface area contributed by atoms with Crippen LogP contribution in [-0.4, -0.2) is 38.2 Å². The van der Waals surface area contributed by atoms with Gasteiger partial charge in [-0.1, -0.05) is 0 Å². The van der Waals surface area contributed by atoms with E-state index < -0.39 is 22.8 Å². The fraction of sp³-hybridized carbons (Fsp3) is 0.414. The summed E-state index contributed by atoms with van der Waals surface area (Å²) < 4.78 is 42.7. The summed E-state index contributed by atoms with van der Waals surface area (Å²) in [6, 6.07) is 7.41. The molecule has 3 heterocycles. The summed E-state index contributed by atoms with van der Waals surface area (Å²) in [4.78, 5) is 32.1. The maximum Gasteiger partial charge on any atom is 0.410 e. The highest BCUT2D eigenvalue weighted by atomic mass is 19.1. The van der Waals surface area contributed by atoms with Crippen LogP contribution in [0.5, 0.6) is 0 Å². The number of likely N-dealkylation sites (tertiary alicyclic amines) is 1. The first kappa shape index (κ1) is 24.6. The van der Waals surface area contributed by atoms with Gasteiger partial charge in [0.1, 0.15) is 16.9 Å². The van der Waals surface area contributed by atoms with Crippen molar-refractivity contribution in [2.45, 2.75) is 70.6 Å².